The summed E-state index contributed by atoms with van der Waals surface area (Å²) in [6, 6.07) is 1.60. The zero-order chi connectivity index (χ0) is 14.0. The number of hydrogen-bond donors (Lipinski definition) is 3. The standard InChI is InChI=1S/C12H14ClN5O/c1-6-11(7(2)18-17-6)16-12(19)8-4-10(14-3)15-5-9(8)13/h4-5H,1-3H3,(H,14,15)(H,16,19)(H,17,18). The predicted octanol–water partition coefficient (Wildman–Crippen LogP) is 2.37. The summed E-state index contributed by atoms with van der Waals surface area (Å²) < 4.78 is 0. The lowest BCUT2D eigenvalue weighted by molar-refractivity contribution is 0.102. The molecule has 0 saturated carbocycles. The highest BCUT2D eigenvalue weighted by atomic mass is 35.5. The van der Waals surface area contributed by atoms with Crippen molar-refractivity contribution in [3.63, 3.8) is 0 Å². The first-order valence-corrected chi connectivity index (χ1v) is 6.07. The number of aromatic amines is 1. The molecule has 0 atom stereocenters. The number of H-pyrrole nitrogens is 1. The molecule has 0 bridgehead atoms. The first-order valence-electron chi connectivity index (χ1n) is 5.69. The van der Waals surface area contributed by atoms with Crippen LogP contribution in [0, 0.1) is 13.8 Å². The molecule has 7 heteroatoms. The Morgan fingerprint density at radius 3 is 2.74 bits per heavy atom. The van der Waals surface area contributed by atoms with Gasteiger partial charge in [0.05, 0.1) is 27.7 Å². The molecule has 0 aliphatic carbocycles. The summed E-state index contributed by atoms with van der Waals surface area (Å²) in [5.74, 6) is 0.284. The lowest BCUT2D eigenvalue weighted by atomic mass is 10.2. The first kappa shape index (κ1) is 13.4. The average Bonchev–Trinajstić information content (AvgIpc) is 2.71. The summed E-state index contributed by atoms with van der Waals surface area (Å²) in [5, 5.41) is 12.8. The molecule has 0 aliphatic heterocycles. The Morgan fingerprint density at radius 1 is 1.42 bits per heavy atom. The van der Waals surface area contributed by atoms with Gasteiger partial charge in [-0.3, -0.25) is 9.89 Å². The van der Waals surface area contributed by atoms with Gasteiger partial charge >= 0.3 is 0 Å². The number of nitrogens with one attached hydrogen (secondary N) is 3. The van der Waals surface area contributed by atoms with Crippen LogP contribution in [0.15, 0.2) is 12.3 Å². The minimum Gasteiger partial charge on any atom is -0.373 e. The van der Waals surface area contributed by atoms with Crippen LogP contribution in [0.2, 0.25) is 5.02 Å². The second-order valence-corrected chi connectivity index (χ2v) is 4.47. The third-order valence-electron chi connectivity index (χ3n) is 2.72. The molecule has 0 spiro atoms. The topological polar surface area (TPSA) is 82.7 Å². The Kier molecular flexibility index (Phi) is 3.71. The average molecular weight is 280 g/mol. The number of rotatable bonds is 3. The van der Waals surface area contributed by atoms with Gasteiger partial charge in [0.2, 0.25) is 0 Å². The lowest BCUT2D eigenvalue weighted by Gasteiger charge is -2.08. The highest BCUT2D eigenvalue weighted by Gasteiger charge is 2.15. The molecule has 6 nitrogen and oxygen atoms in total. The van der Waals surface area contributed by atoms with Gasteiger partial charge in [0.15, 0.2) is 0 Å². The van der Waals surface area contributed by atoms with Gasteiger partial charge in [0.25, 0.3) is 5.91 Å². The van der Waals surface area contributed by atoms with Crippen molar-refractivity contribution in [2.24, 2.45) is 0 Å². The molecule has 0 aromatic carbocycles. The summed E-state index contributed by atoms with van der Waals surface area (Å²) in [7, 11) is 1.72. The van der Waals surface area contributed by atoms with E-state index in [0.29, 0.717) is 22.1 Å². The molecule has 0 saturated heterocycles. The van der Waals surface area contributed by atoms with Crippen molar-refractivity contribution in [3.05, 3.63) is 34.2 Å². The van der Waals surface area contributed by atoms with Crippen molar-refractivity contribution < 1.29 is 4.79 Å². The van der Waals surface area contributed by atoms with E-state index < -0.39 is 0 Å². The van der Waals surface area contributed by atoms with Crippen LogP contribution >= 0.6 is 11.6 Å². The van der Waals surface area contributed by atoms with E-state index in [1.54, 1.807) is 13.1 Å². The smallest absolute Gasteiger partial charge is 0.257 e. The molecule has 0 radical (unpaired) electrons. The van der Waals surface area contributed by atoms with E-state index in [4.69, 9.17) is 11.6 Å². The van der Waals surface area contributed by atoms with Gasteiger partial charge in [-0.1, -0.05) is 11.6 Å². The largest absolute Gasteiger partial charge is 0.373 e. The van der Waals surface area contributed by atoms with Crippen LogP contribution < -0.4 is 10.6 Å². The van der Waals surface area contributed by atoms with Crippen LogP contribution in [0.3, 0.4) is 0 Å². The molecular weight excluding hydrogens is 266 g/mol. The Balaban J connectivity index is 2.30. The van der Waals surface area contributed by atoms with Gasteiger partial charge in [-0.25, -0.2) is 4.98 Å². The van der Waals surface area contributed by atoms with Crippen LogP contribution in [0.4, 0.5) is 11.5 Å². The highest BCUT2D eigenvalue weighted by Crippen LogP contribution is 2.21. The number of carbonyl (C=O) groups is 1. The quantitative estimate of drug-likeness (QED) is 0.805. The van der Waals surface area contributed by atoms with Crippen molar-refractivity contribution in [2.75, 3.05) is 17.7 Å². The maximum Gasteiger partial charge on any atom is 0.257 e. The van der Waals surface area contributed by atoms with E-state index in [1.807, 2.05) is 13.8 Å². The molecular formula is C12H14ClN5O. The number of amides is 1. The minimum atomic E-state index is -0.295. The molecule has 2 rings (SSSR count). The second-order valence-electron chi connectivity index (χ2n) is 4.06. The molecule has 2 heterocycles. The number of halogens is 1. The zero-order valence-corrected chi connectivity index (χ0v) is 11.6. The Labute approximate surface area is 115 Å². The SMILES string of the molecule is CNc1cc(C(=O)Nc2c(C)n[nH]c2C)c(Cl)cn1. The summed E-state index contributed by atoms with van der Waals surface area (Å²) in [6.45, 7) is 3.65. The van der Waals surface area contributed by atoms with Crippen molar-refractivity contribution in [1.82, 2.24) is 15.2 Å². The van der Waals surface area contributed by atoms with Gasteiger partial charge in [-0.05, 0) is 19.9 Å². The van der Waals surface area contributed by atoms with Crippen LogP contribution in [0.1, 0.15) is 21.7 Å². The van der Waals surface area contributed by atoms with Gasteiger partial charge in [-0.15, -0.1) is 0 Å². The second kappa shape index (κ2) is 5.27. The van der Waals surface area contributed by atoms with E-state index >= 15 is 0 Å². The van der Waals surface area contributed by atoms with Crippen LogP contribution in [-0.2, 0) is 0 Å². The molecule has 1 amide bonds. The minimum absolute atomic E-state index is 0.295. The number of hydrogen-bond acceptors (Lipinski definition) is 4. The zero-order valence-electron chi connectivity index (χ0n) is 10.8. The van der Waals surface area contributed by atoms with E-state index in [9.17, 15) is 4.79 Å². The summed E-state index contributed by atoms with van der Waals surface area (Å²) in [4.78, 5) is 16.2. The molecule has 3 N–H and O–H groups in total. The first-order chi connectivity index (χ1) is 9.02. The van der Waals surface area contributed by atoms with E-state index in [-0.39, 0.29) is 5.91 Å². The number of pyridine rings is 1. The third-order valence-corrected chi connectivity index (χ3v) is 3.02. The number of aromatic nitrogens is 3. The maximum absolute atomic E-state index is 12.2. The van der Waals surface area contributed by atoms with Gasteiger partial charge < -0.3 is 10.6 Å². The van der Waals surface area contributed by atoms with Crippen molar-refractivity contribution >= 4 is 29.0 Å². The fraction of sp³-hybridized carbons (Fsp3) is 0.250. The number of nitrogens with zero attached hydrogens (tertiary/aromatic N) is 2. The number of anilines is 2. The highest BCUT2D eigenvalue weighted by molar-refractivity contribution is 6.34. The van der Waals surface area contributed by atoms with E-state index in [2.05, 4.69) is 25.8 Å². The van der Waals surface area contributed by atoms with Gasteiger partial charge in [-0.2, -0.15) is 5.10 Å². The Hall–Kier alpha value is -2.08. The predicted molar refractivity (Wildman–Crippen MR) is 74.8 cm³/mol. The molecule has 0 aliphatic rings. The fourth-order valence-corrected chi connectivity index (χ4v) is 1.85. The van der Waals surface area contributed by atoms with Crippen molar-refractivity contribution in [2.45, 2.75) is 13.8 Å². The number of aryl methyl sites for hydroxylation is 2. The molecule has 100 valence electrons. The molecule has 2 aromatic heterocycles. The summed E-state index contributed by atoms with van der Waals surface area (Å²) in [6.07, 6.45) is 1.44. The molecule has 0 fully saturated rings. The van der Waals surface area contributed by atoms with Gasteiger partial charge in [0.1, 0.15) is 5.82 Å². The maximum atomic E-state index is 12.2. The van der Waals surface area contributed by atoms with E-state index in [0.717, 1.165) is 11.4 Å². The molecule has 2 aromatic rings. The van der Waals surface area contributed by atoms with Gasteiger partial charge in [0, 0.05) is 13.2 Å². The van der Waals surface area contributed by atoms with Crippen molar-refractivity contribution in [3.8, 4) is 0 Å². The third kappa shape index (κ3) is 2.68. The van der Waals surface area contributed by atoms with Crippen LogP contribution in [0.5, 0.6) is 0 Å². The van der Waals surface area contributed by atoms with E-state index in [1.165, 1.54) is 6.20 Å². The van der Waals surface area contributed by atoms with Crippen LogP contribution in [-0.4, -0.2) is 28.1 Å². The van der Waals surface area contributed by atoms with Crippen molar-refractivity contribution in [1.29, 1.82) is 0 Å². The monoisotopic (exact) mass is 279 g/mol. The van der Waals surface area contributed by atoms with Crippen LogP contribution in [0.25, 0.3) is 0 Å². The Morgan fingerprint density at radius 2 is 2.16 bits per heavy atom. The molecule has 19 heavy (non-hydrogen) atoms. The summed E-state index contributed by atoms with van der Waals surface area (Å²) >= 11 is 5.99. The number of carbonyl (C=O) groups excluding carboxylic acids is 1. The summed E-state index contributed by atoms with van der Waals surface area (Å²) in [5.41, 5.74) is 2.56. The molecule has 0 unspecified atom stereocenters. The lowest BCUT2D eigenvalue weighted by Crippen LogP contribution is -2.14. The normalized spacial score (nSPS) is 10.3. The Bertz CT molecular complexity index is 603. The fourth-order valence-electron chi connectivity index (χ4n) is 1.67.